The number of hydrogen-bond acceptors (Lipinski definition) is 5. The maximum atomic E-state index is 12.9. The minimum atomic E-state index is -3.58. The van der Waals surface area contributed by atoms with Crippen molar-refractivity contribution in [3.05, 3.63) is 42.2 Å². The maximum absolute atomic E-state index is 12.9. The van der Waals surface area contributed by atoms with E-state index >= 15 is 0 Å². The number of nitrogens with zero attached hydrogens (tertiary/aromatic N) is 4. The number of aromatic nitrogens is 2. The molecule has 27 heavy (non-hydrogen) atoms. The Morgan fingerprint density at radius 2 is 1.89 bits per heavy atom. The lowest BCUT2D eigenvalue weighted by molar-refractivity contribution is 0.102. The van der Waals surface area contributed by atoms with E-state index in [4.69, 9.17) is 0 Å². The number of piperazine rings is 1. The molecule has 0 radical (unpaired) electrons. The molecule has 146 valence electrons. The SMILES string of the molecule is CCN1CCN(S(=O)(=O)c2cccc(NC(=O)c3cnn(CC)c3)c2)CC1. The van der Waals surface area contributed by atoms with Crippen LogP contribution in [0.15, 0.2) is 41.6 Å². The smallest absolute Gasteiger partial charge is 0.258 e. The highest BCUT2D eigenvalue weighted by Crippen LogP contribution is 2.21. The second-order valence-electron chi connectivity index (χ2n) is 6.41. The minimum absolute atomic E-state index is 0.189. The zero-order chi connectivity index (χ0) is 19.4. The molecule has 3 rings (SSSR count). The second kappa shape index (κ2) is 8.20. The van der Waals surface area contributed by atoms with Gasteiger partial charge in [-0.1, -0.05) is 13.0 Å². The van der Waals surface area contributed by atoms with Gasteiger partial charge in [-0.05, 0) is 31.7 Å². The van der Waals surface area contributed by atoms with Gasteiger partial charge in [-0.3, -0.25) is 9.48 Å². The highest BCUT2D eigenvalue weighted by atomic mass is 32.2. The molecule has 1 N–H and O–H groups in total. The van der Waals surface area contributed by atoms with Crippen LogP contribution in [0.2, 0.25) is 0 Å². The van der Waals surface area contributed by atoms with Gasteiger partial charge in [0, 0.05) is 44.6 Å². The molecule has 1 fully saturated rings. The predicted octanol–water partition coefficient (Wildman–Crippen LogP) is 1.48. The van der Waals surface area contributed by atoms with Crippen LogP contribution in [0.5, 0.6) is 0 Å². The van der Waals surface area contributed by atoms with Gasteiger partial charge >= 0.3 is 0 Å². The van der Waals surface area contributed by atoms with Crippen molar-refractivity contribution in [1.82, 2.24) is 19.0 Å². The molecule has 1 aliphatic rings. The van der Waals surface area contributed by atoms with E-state index in [1.54, 1.807) is 29.1 Å². The third-order valence-corrected chi connectivity index (χ3v) is 6.62. The third kappa shape index (κ3) is 4.37. The Bertz CT molecular complexity index is 901. The number of nitrogens with one attached hydrogen (secondary N) is 1. The Kier molecular flexibility index (Phi) is 5.93. The molecule has 1 aliphatic heterocycles. The van der Waals surface area contributed by atoms with Gasteiger partial charge in [-0.25, -0.2) is 8.42 Å². The summed E-state index contributed by atoms with van der Waals surface area (Å²) in [6.45, 7) is 8.01. The molecular weight excluding hydrogens is 366 g/mol. The lowest BCUT2D eigenvalue weighted by Gasteiger charge is -2.33. The fraction of sp³-hybridized carbons (Fsp3) is 0.444. The van der Waals surface area contributed by atoms with Crippen molar-refractivity contribution in [3.8, 4) is 0 Å². The second-order valence-corrected chi connectivity index (χ2v) is 8.34. The van der Waals surface area contributed by atoms with Gasteiger partial charge in [0.2, 0.25) is 10.0 Å². The Balaban J connectivity index is 1.73. The van der Waals surface area contributed by atoms with Crippen LogP contribution in [-0.2, 0) is 16.6 Å². The molecule has 9 heteroatoms. The van der Waals surface area contributed by atoms with Crippen molar-refractivity contribution in [3.63, 3.8) is 0 Å². The number of hydrogen-bond donors (Lipinski definition) is 1. The number of likely N-dealkylation sites (N-methyl/N-ethyl adjacent to an activating group) is 1. The highest BCUT2D eigenvalue weighted by Gasteiger charge is 2.28. The summed E-state index contributed by atoms with van der Waals surface area (Å²) < 4.78 is 29.0. The first-order valence-electron chi connectivity index (χ1n) is 9.10. The quantitative estimate of drug-likeness (QED) is 0.806. The average molecular weight is 391 g/mol. The van der Waals surface area contributed by atoms with Crippen LogP contribution in [0.25, 0.3) is 0 Å². The van der Waals surface area contributed by atoms with Crippen molar-refractivity contribution in [2.45, 2.75) is 25.3 Å². The molecule has 8 nitrogen and oxygen atoms in total. The number of rotatable bonds is 6. The van der Waals surface area contributed by atoms with Crippen molar-refractivity contribution >= 4 is 21.6 Å². The first kappa shape index (κ1) is 19.5. The summed E-state index contributed by atoms with van der Waals surface area (Å²) in [5.41, 5.74) is 0.873. The summed E-state index contributed by atoms with van der Waals surface area (Å²) in [7, 11) is -3.58. The van der Waals surface area contributed by atoms with Gasteiger partial charge in [0.15, 0.2) is 0 Å². The zero-order valence-corrected chi connectivity index (χ0v) is 16.4. The van der Waals surface area contributed by atoms with Crippen LogP contribution in [0.4, 0.5) is 5.69 Å². The lowest BCUT2D eigenvalue weighted by Crippen LogP contribution is -2.48. The molecule has 2 heterocycles. The lowest BCUT2D eigenvalue weighted by atomic mass is 10.3. The van der Waals surface area contributed by atoms with Crippen LogP contribution in [0, 0.1) is 0 Å². The van der Waals surface area contributed by atoms with Crippen molar-refractivity contribution in [1.29, 1.82) is 0 Å². The molecule has 0 atom stereocenters. The number of aryl methyl sites for hydroxylation is 1. The van der Waals surface area contributed by atoms with Gasteiger partial charge in [-0.2, -0.15) is 9.40 Å². The van der Waals surface area contributed by atoms with Gasteiger partial charge in [0.25, 0.3) is 5.91 Å². The highest BCUT2D eigenvalue weighted by molar-refractivity contribution is 7.89. The van der Waals surface area contributed by atoms with E-state index in [-0.39, 0.29) is 10.8 Å². The maximum Gasteiger partial charge on any atom is 0.258 e. The fourth-order valence-corrected chi connectivity index (χ4v) is 4.50. The number of anilines is 1. The molecule has 1 saturated heterocycles. The van der Waals surface area contributed by atoms with E-state index in [0.717, 1.165) is 19.6 Å². The standard InChI is InChI=1S/C18H25N5O3S/c1-3-21-8-10-23(11-9-21)27(25,26)17-7-5-6-16(12-17)20-18(24)15-13-19-22(4-2)14-15/h5-7,12-14H,3-4,8-11H2,1-2H3,(H,20,24). The number of sulfonamides is 1. The molecule has 0 spiro atoms. The molecule has 1 aromatic carbocycles. The van der Waals surface area contributed by atoms with Gasteiger partial charge in [0.1, 0.15) is 0 Å². The molecule has 0 saturated carbocycles. The third-order valence-electron chi connectivity index (χ3n) is 4.73. The summed E-state index contributed by atoms with van der Waals surface area (Å²) in [6, 6.07) is 6.38. The summed E-state index contributed by atoms with van der Waals surface area (Å²) >= 11 is 0. The van der Waals surface area contributed by atoms with Crippen LogP contribution in [0.3, 0.4) is 0 Å². The molecule has 2 aromatic rings. The largest absolute Gasteiger partial charge is 0.322 e. The Morgan fingerprint density at radius 1 is 1.15 bits per heavy atom. The van der Waals surface area contributed by atoms with Crippen LogP contribution < -0.4 is 5.32 Å². The normalized spacial score (nSPS) is 16.4. The number of carbonyl (C=O) groups excluding carboxylic acids is 1. The van der Waals surface area contributed by atoms with Gasteiger partial charge in [0.05, 0.1) is 16.7 Å². The number of benzene rings is 1. The molecule has 1 aromatic heterocycles. The Hall–Kier alpha value is -2.23. The summed E-state index contributed by atoms with van der Waals surface area (Å²) in [5, 5.41) is 6.82. The van der Waals surface area contributed by atoms with E-state index in [1.807, 2.05) is 6.92 Å². The Morgan fingerprint density at radius 3 is 2.52 bits per heavy atom. The Labute approximate surface area is 159 Å². The molecule has 0 unspecified atom stereocenters. The number of carbonyl (C=O) groups is 1. The molecule has 1 amide bonds. The fourth-order valence-electron chi connectivity index (χ4n) is 3.03. The van der Waals surface area contributed by atoms with Gasteiger partial charge < -0.3 is 10.2 Å². The van der Waals surface area contributed by atoms with E-state index in [2.05, 4.69) is 22.2 Å². The topological polar surface area (TPSA) is 87.5 Å². The molecule has 0 aliphatic carbocycles. The van der Waals surface area contributed by atoms with E-state index in [9.17, 15) is 13.2 Å². The van der Waals surface area contributed by atoms with E-state index < -0.39 is 10.0 Å². The predicted molar refractivity (Wildman–Crippen MR) is 103 cm³/mol. The van der Waals surface area contributed by atoms with Crippen molar-refractivity contribution < 1.29 is 13.2 Å². The van der Waals surface area contributed by atoms with Crippen molar-refractivity contribution in [2.24, 2.45) is 0 Å². The zero-order valence-electron chi connectivity index (χ0n) is 15.6. The van der Waals surface area contributed by atoms with E-state index in [0.29, 0.717) is 30.9 Å². The van der Waals surface area contributed by atoms with Crippen LogP contribution in [0.1, 0.15) is 24.2 Å². The minimum Gasteiger partial charge on any atom is -0.322 e. The van der Waals surface area contributed by atoms with Crippen LogP contribution >= 0.6 is 0 Å². The van der Waals surface area contributed by atoms with E-state index in [1.165, 1.54) is 16.6 Å². The monoisotopic (exact) mass is 391 g/mol. The number of amides is 1. The molecular formula is C18H25N5O3S. The molecule has 0 bridgehead atoms. The summed E-state index contributed by atoms with van der Waals surface area (Å²) in [6.07, 6.45) is 3.15. The summed E-state index contributed by atoms with van der Waals surface area (Å²) in [5.74, 6) is -0.319. The first-order chi connectivity index (χ1) is 12.9. The van der Waals surface area contributed by atoms with Gasteiger partial charge in [-0.15, -0.1) is 0 Å². The first-order valence-corrected chi connectivity index (χ1v) is 10.5. The average Bonchev–Trinajstić information content (AvgIpc) is 3.18. The summed E-state index contributed by atoms with van der Waals surface area (Å²) in [4.78, 5) is 14.8. The van der Waals surface area contributed by atoms with Crippen LogP contribution in [-0.4, -0.2) is 66.0 Å². The van der Waals surface area contributed by atoms with Crippen molar-refractivity contribution in [2.75, 3.05) is 38.0 Å².